The lowest BCUT2D eigenvalue weighted by Crippen LogP contribution is -2.23. The second kappa shape index (κ2) is 5.80. The average Bonchev–Trinajstić information content (AvgIpc) is 2.51. The lowest BCUT2D eigenvalue weighted by molar-refractivity contribution is 0.448. The second-order valence-electron chi connectivity index (χ2n) is 5.24. The molecule has 0 saturated carbocycles. The Morgan fingerprint density at radius 3 is 2.30 bits per heavy atom. The van der Waals surface area contributed by atoms with E-state index in [1.165, 1.54) is 5.56 Å². The Kier molecular flexibility index (Phi) is 3.88. The predicted octanol–water partition coefficient (Wildman–Crippen LogP) is 3.65. The lowest BCUT2D eigenvalue weighted by Gasteiger charge is -2.23. The molecule has 3 heteroatoms. The highest BCUT2D eigenvalue weighted by molar-refractivity contribution is 7.97. The van der Waals surface area contributed by atoms with E-state index in [4.69, 9.17) is 0 Å². The molecule has 0 radical (unpaired) electrons. The molecule has 0 aliphatic carbocycles. The second-order valence-corrected chi connectivity index (χ2v) is 7.48. The molecule has 2 aromatic carbocycles. The van der Waals surface area contributed by atoms with E-state index in [0.29, 0.717) is 11.7 Å². The summed E-state index contributed by atoms with van der Waals surface area (Å²) in [5.74, 6) is 3.40. The zero-order chi connectivity index (χ0) is 13.9. The maximum atomic E-state index is 9.97. The first-order chi connectivity index (χ1) is 9.74. The first kappa shape index (κ1) is 13.4. The van der Waals surface area contributed by atoms with Gasteiger partial charge in [0, 0.05) is 17.0 Å². The van der Waals surface area contributed by atoms with Gasteiger partial charge < -0.3 is 10.2 Å². The molecule has 20 heavy (non-hydrogen) atoms. The zero-order valence-corrected chi connectivity index (χ0v) is 12.1. The van der Waals surface area contributed by atoms with Crippen LogP contribution in [-0.4, -0.2) is 21.7 Å². The van der Waals surface area contributed by atoms with Crippen molar-refractivity contribution in [3.05, 3.63) is 54.1 Å². The van der Waals surface area contributed by atoms with Crippen LogP contribution in [0.1, 0.15) is 24.3 Å². The van der Waals surface area contributed by atoms with Crippen molar-refractivity contribution in [3.8, 4) is 11.5 Å². The maximum absolute atomic E-state index is 9.97. The van der Waals surface area contributed by atoms with Gasteiger partial charge in [-0.1, -0.05) is 30.3 Å². The number of hydrogen-bond acceptors (Lipinski definition) is 2. The minimum absolute atomic E-state index is 0.0656. The lowest BCUT2D eigenvalue weighted by atomic mass is 9.94. The molecular weight excluding hydrogens is 268 g/mol. The molecule has 1 heterocycles. The molecule has 1 aliphatic heterocycles. The van der Waals surface area contributed by atoms with Crippen molar-refractivity contribution in [1.29, 1.82) is 0 Å². The van der Waals surface area contributed by atoms with Gasteiger partial charge >= 0.3 is 0 Å². The van der Waals surface area contributed by atoms with Gasteiger partial charge in [0.15, 0.2) is 10.6 Å². The van der Waals surface area contributed by atoms with E-state index >= 15 is 0 Å². The summed E-state index contributed by atoms with van der Waals surface area (Å²) in [5, 5.41) is 19.6. The normalized spacial score (nSPS) is 22.6. The summed E-state index contributed by atoms with van der Waals surface area (Å²) in [7, 11) is 0.0656. The summed E-state index contributed by atoms with van der Waals surface area (Å²) in [6.45, 7) is 0. The van der Waals surface area contributed by atoms with Gasteiger partial charge in [0.25, 0.3) is 0 Å². The van der Waals surface area contributed by atoms with E-state index in [1.807, 2.05) is 0 Å². The monoisotopic (exact) mass is 287 g/mol. The van der Waals surface area contributed by atoms with Crippen LogP contribution in [0.5, 0.6) is 11.5 Å². The number of rotatable bonds is 2. The maximum Gasteiger partial charge on any atom is 0.200 e. The fraction of sp³-hybridized carbons (Fsp3) is 0.294. The Morgan fingerprint density at radius 1 is 0.900 bits per heavy atom. The van der Waals surface area contributed by atoms with Crippen molar-refractivity contribution < 1.29 is 10.2 Å². The molecule has 0 bridgehead atoms. The van der Waals surface area contributed by atoms with Gasteiger partial charge in [0.05, 0.1) is 0 Å². The molecule has 1 aliphatic rings. The SMILES string of the molecule is Oc1ccc(O)c([S+]2CCC(c3ccccc3)CC2)c1. The molecule has 2 aromatic rings. The van der Waals surface area contributed by atoms with Gasteiger partial charge in [0.1, 0.15) is 17.3 Å². The van der Waals surface area contributed by atoms with Crippen molar-refractivity contribution in [1.82, 2.24) is 0 Å². The Morgan fingerprint density at radius 2 is 1.60 bits per heavy atom. The Bertz CT molecular complexity index is 575. The molecule has 0 amide bonds. The first-order valence-corrected chi connectivity index (χ1v) is 8.55. The topological polar surface area (TPSA) is 40.5 Å². The van der Waals surface area contributed by atoms with Gasteiger partial charge in [-0.25, -0.2) is 0 Å². The van der Waals surface area contributed by atoms with Crippen LogP contribution in [0.2, 0.25) is 0 Å². The summed E-state index contributed by atoms with van der Waals surface area (Å²) in [6.07, 6.45) is 2.31. The average molecular weight is 287 g/mol. The molecule has 1 saturated heterocycles. The summed E-state index contributed by atoms with van der Waals surface area (Å²) in [6, 6.07) is 15.5. The standard InChI is InChI=1S/C17H18O2S/c18-15-6-7-16(19)17(12-15)20-10-8-14(9-11-20)13-4-2-1-3-5-13/h1-7,12,14H,8-11H2,(H-,18,19)/p+1. The molecule has 0 unspecified atom stereocenters. The van der Waals surface area contributed by atoms with Crippen molar-refractivity contribution >= 4 is 10.9 Å². The largest absolute Gasteiger partial charge is 0.508 e. The molecule has 1 fully saturated rings. The Labute approximate surface area is 122 Å². The third kappa shape index (κ3) is 2.78. The zero-order valence-electron chi connectivity index (χ0n) is 11.3. The predicted molar refractivity (Wildman–Crippen MR) is 83.6 cm³/mol. The highest BCUT2D eigenvalue weighted by Crippen LogP contribution is 2.36. The van der Waals surface area contributed by atoms with Crippen LogP contribution in [-0.2, 0) is 10.9 Å². The minimum Gasteiger partial charge on any atom is -0.508 e. The molecule has 2 N–H and O–H groups in total. The van der Waals surface area contributed by atoms with Crippen LogP contribution in [0.4, 0.5) is 0 Å². The number of hydrogen-bond donors (Lipinski definition) is 2. The fourth-order valence-corrected chi connectivity index (χ4v) is 5.26. The number of phenols is 2. The quantitative estimate of drug-likeness (QED) is 0.654. The van der Waals surface area contributed by atoms with Crippen molar-refractivity contribution in [2.45, 2.75) is 23.7 Å². The molecule has 0 atom stereocenters. The highest BCUT2D eigenvalue weighted by atomic mass is 32.2. The van der Waals surface area contributed by atoms with E-state index in [0.717, 1.165) is 29.2 Å². The summed E-state index contributed by atoms with van der Waals surface area (Å²) in [5.41, 5.74) is 1.43. The van der Waals surface area contributed by atoms with Gasteiger partial charge in [-0.3, -0.25) is 0 Å². The molecule has 104 valence electrons. The summed E-state index contributed by atoms with van der Waals surface area (Å²) in [4.78, 5) is 0.927. The van der Waals surface area contributed by atoms with E-state index < -0.39 is 0 Å². The molecule has 0 aromatic heterocycles. The smallest absolute Gasteiger partial charge is 0.200 e. The molecule has 3 rings (SSSR count). The molecular formula is C17H19O2S+. The Hall–Kier alpha value is -1.61. The van der Waals surface area contributed by atoms with Gasteiger partial charge in [0.2, 0.25) is 0 Å². The number of aromatic hydroxyl groups is 2. The van der Waals surface area contributed by atoms with Crippen LogP contribution in [0.3, 0.4) is 0 Å². The molecule has 2 nitrogen and oxygen atoms in total. The van der Waals surface area contributed by atoms with Gasteiger partial charge in [-0.15, -0.1) is 0 Å². The third-order valence-electron chi connectivity index (χ3n) is 3.95. The fourth-order valence-electron chi connectivity index (χ4n) is 2.83. The highest BCUT2D eigenvalue weighted by Gasteiger charge is 2.32. The van der Waals surface area contributed by atoms with E-state index in [9.17, 15) is 10.2 Å². The minimum atomic E-state index is 0.0656. The van der Waals surface area contributed by atoms with E-state index in [-0.39, 0.29) is 16.6 Å². The van der Waals surface area contributed by atoms with Crippen molar-refractivity contribution in [2.75, 3.05) is 11.5 Å². The first-order valence-electron chi connectivity index (χ1n) is 6.98. The third-order valence-corrected chi connectivity index (χ3v) is 6.36. The van der Waals surface area contributed by atoms with Crippen LogP contribution in [0, 0.1) is 0 Å². The van der Waals surface area contributed by atoms with Crippen LogP contribution in [0.25, 0.3) is 0 Å². The van der Waals surface area contributed by atoms with E-state index in [1.54, 1.807) is 18.2 Å². The summed E-state index contributed by atoms with van der Waals surface area (Å²) < 4.78 is 0. The number of benzene rings is 2. The van der Waals surface area contributed by atoms with Gasteiger partial charge in [-0.05, 0) is 36.5 Å². The van der Waals surface area contributed by atoms with Crippen LogP contribution < -0.4 is 0 Å². The van der Waals surface area contributed by atoms with Gasteiger partial charge in [-0.2, -0.15) is 0 Å². The van der Waals surface area contributed by atoms with Crippen molar-refractivity contribution in [2.24, 2.45) is 0 Å². The number of phenolic OH excluding ortho intramolecular Hbond substituents is 2. The Balaban J connectivity index is 1.71. The summed E-state index contributed by atoms with van der Waals surface area (Å²) >= 11 is 0. The van der Waals surface area contributed by atoms with Crippen molar-refractivity contribution in [3.63, 3.8) is 0 Å². The van der Waals surface area contributed by atoms with E-state index in [2.05, 4.69) is 30.3 Å². The van der Waals surface area contributed by atoms with Crippen LogP contribution >= 0.6 is 0 Å². The van der Waals surface area contributed by atoms with Crippen LogP contribution in [0.15, 0.2) is 53.4 Å². The molecule has 0 spiro atoms.